The van der Waals surface area contributed by atoms with Gasteiger partial charge < -0.3 is 14.4 Å². The van der Waals surface area contributed by atoms with Crippen molar-refractivity contribution in [3.8, 4) is 11.5 Å². The lowest BCUT2D eigenvalue weighted by molar-refractivity contribution is 0.206. The van der Waals surface area contributed by atoms with Crippen LogP contribution in [-0.2, 0) is 0 Å². The van der Waals surface area contributed by atoms with Gasteiger partial charge in [0.1, 0.15) is 11.5 Å². The van der Waals surface area contributed by atoms with Crippen LogP contribution in [0, 0.1) is 6.92 Å². The van der Waals surface area contributed by atoms with E-state index in [-0.39, 0.29) is 12.1 Å². The van der Waals surface area contributed by atoms with Crippen LogP contribution in [0.15, 0.2) is 24.4 Å². The Bertz CT molecular complexity index is 732. The molecule has 1 N–H and O–H groups in total. The number of likely N-dealkylation sites (tertiary alicyclic amines) is 1. The van der Waals surface area contributed by atoms with Gasteiger partial charge >= 0.3 is 6.03 Å². The maximum absolute atomic E-state index is 12.7. The number of ether oxygens (including phenoxy) is 2. The van der Waals surface area contributed by atoms with Crippen molar-refractivity contribution >= 4 is 22.5 Å². The highest BCUT2D eigenvalue weighted by atomic mass is 32.1. The average Bonchev–Trinajstić information content (AvgIpc) is 3.23. The van der Waals surface area contributed by atoms with Gasteiger partial charge in [0.15, 0.2) is 5.13 Å². The number of hydrogen-bond donors (Lipinski definition) is 1. The topological polar surface area (TPSA) is 63.7 Å². The van der Waals surface area contributed by atoms with E-state index in [9.17, 15) is 4.79 Å². The number of anilines is 1. The van der Waals surface area contributed by atoms with Gasteiger partial charge in [0.25, 0.3) is 0 Å². The van der Waals surface area contributed by atoms with E-state index in [0.29, 0.717) is 11.7 Å². The van der Waals surface area contributed by atoms with Crippen LogP contribution >= 0.6 is 11.3 Å². The van der Waals surface area contributed by atoms with Gasteiger partial charge in [0.05, 0.1) is 20.3 Å². The van der Waals surface area contributed by atoms with E-state index in [0.717, 1.165) is 34.8 Å². The Morgan fingerprint density at radius 2 is 2.21 bits per heavy atom. The van der Waals surface area contributed by atoms with Gasteiger partial charge in [-0.25, -0.2) is 9.78 Å². The molecule has 1 aliphatic rings. The molecule has 24 heavy (non-hydrogen) atoms. The van der Waals surface area contributed by atoms with Crippen LogP contribution in [-0.4, -0.2) is 36.7 Å². The van der Waals surface area contributed by atoms with Gasteiger partial charge in [-0.15, -0.1) is 11.3 Å². The summed E-state index contributed by atoms with van der Waals surface area (Å²) in [5, 5.41) is 3.52. The summed E-state index contributed by atoms with van der Waals surface area (Å²) >= 11 is 1.47. The summed E-state index contributed by atoms with van der Waals surface area (Å²) in [5.41, 5.74) is 0.972. The number of aromatic nitrogens is 1. The molecule has 3 rings (SSSR count). The fourth-order valence-corrected chi connectivity index (χ4v) is 3.66. The number of hydrogen-bond acceptors (Lipinski definition) is 5. The van der Waals surface area contributed by atoms with Crippen LogP contribution in [0.25, 0.3) is 0 Å². The Labute approximate surface area is 145 Å². The van der Waals surface area contributed by atoms with Crippen molar-refractivity contribution in [3.05, 3.63) is 34.8 Å². The minimum atomic E-state index is -0.128. The highest BCUT2D eigenvalue weighted by Gasteiger charge is 2.32. The quantitative estimate of drug-likeness (QED) is 0.913. The molecule has 0 spiro atoms. The number of carbonyl (C=O) groups is 1. The average molecular weight is 347 g/mol. The normalized spacial score (nSPS) is 17.0. The smallest absolute Gasteiger partial charge is 0.324 e. The summed E-state index contributed by atoms with van der Waals surface area (Å²) < 4.78 is 10.8. The number of aryl methyl sites for hydroxylation is 1. The molecule has 1 saturated heterocycles. The van der Waals surface area contributed by atoms with E-state index >= 15 is 0 Å². The molecule has 0 saturated carbocycles. The highest BCUT2D eigenvalue weighted by Crippen LogP contribution is 2.39. The van der Waals surface area contributed by atoms with Crippen LogP contribution in [0.5, 0.6) is 11.5 Å². The Morgan fingerprint density at radius 1 is 1.38 bits per heavy atom. The van der Waals surface area contributed by atoms with Gasteiger partial charge in [-0.3, -0.25) is 5.32 Å². The van der Waals surface area contributed by atoms with E-state index in [1.165, 1.54) is 11.3 Å². The third kappa shape index (κ3) is 3.31. The van der Waals surface area contributed by atoms with Crippen LogP contribution in [0.3, 0.4) is 0 Å². The first-order valence-electron chi connectivity index (χ1n) is 7.84. The molecule has 1 aromatic heterocycles. The number of rotatable bonds is 4. The van der Waals surface area contributed by atoms with Gasteiger partial charge in [0.2, 0.25) is 0 Å². The molecular weight excluding hydrogens is 326 g/mol. The molecule has 2 aromatic rings. The molecule has 1 aliphatic heterocycles. The molecule has 1 atom stereocenters. The Morgan fingerprint density at radius 3 is 2.88 bits per heavy atom. The van der Waals surface area contributed by atoms with E-state index in [1.807, 2.05) is 30.0 Å². The van der Waals surface area contributed by atoms with Crippen molar-refractivity contribution in [1.82, 2.24) is 9.88 Å². The van der Waals surface area contributed by atoms with Crippen molar-refractivity contribution in [2.24, 2.45) is 0 Å². The molecule has 1 fully saturated rings. The van der Waals surface area contributed by atoms with E-state index in [1.54, 1.807) is 20.4 Å². The molecule has 2 amide bonds. The van der Waals surface area contributed by atoms with Gasteiger partial charge in [0, 0.05) is 23.2 Å². The van der Waals surface area contributed by atoms with E-state index in [4.69, 9.17) is 9.47 Å². The fraction of sp³-hybridized carbons (Fsp3) is 0.412. The van der Waals surface area contributed by atoms with Crippen molar-refractivity contribution in [3.63, 3.8) is 0 Å². The number of benzene rings is 1. The second-order valence-electron chi connectivity index (χ2n) is 5.67. The zero-order chi connectivity index (χ0) is 17.1. The number of methoxy groups -OCH3 is 2. The second-order valence-corrected chi connectivity index (χ2v) is 6.90. The van der Waals surface area contributed by atoms with E-state index < -0.39 is 0 Å². The lowest BCUT2D eigenvalue weighted by atomic mass is 10.0. The SMILES string of the molecule is COc1ccc(OC)c(C2CCCN2C(=O)Nc2ncc(C)s2)c1. The summed E-state index contributed by atoms with van der Waals surface area (Å²) in [6.45, 7) is 2.67. The molecule has 128 valence electrons. The van der Waals surface area contributed by atoms with Crippen LogP contribution < -0.4 is 14.8 Å². The molecular formula is C17H21N3O3S. The molecule has 0 radical (unpaired) electrons. The molecule has 6 nitrogen and oxygen atoms in total. The summed E-state index contributed by atoms with van der Waals surface area (Å²) in [7, 11) is 3.28. The van der Waals surface area contributed by atoms with Crippen LogP contribution in [0.2, 0.25) is 0 Å². The Balaban J connectivity index is 1.83. The number of urea groups is 1. The molecule has 7 heteroatoms. The molecule has 0 bridgehead atoms. The number of thiazole rings is 1. The van der Waals surface area contributed by atoms with Crippen LogP contribution in [0.4, 0.5) is 9.93 Å². The summed E-state index contributed by atoms with van der Waals surface area (Å²) in [6.07, 6.45) is 3.61. The monoisotopic (exact) mass is 347 g/mol. The minimum absolute atomic E-state index is 0.0314. The standard InChI is InChI=1S/C17H21N3O3S/c1-11-10-18-16(24-11)19-17(21)20-8-4-5-14(20)13-9-12(22-2)6-7-15(13)23-3/h6-7,9-10,14H,4-5,8H2,1-3H3,(H,18,19,21). The summed E-state index contributed by atoms with van der Waals surface area (Å²) in [5.74, 6) is 1.53. The largest absolute Gasteiger partial charge is 0.497 e. The first-order chi connectivity index (χ1) is 11.6. The van der Waals surface area contributed by atoms with Crippen molar-refractivity contribution in [1.29, 1.82) is 0 Å². The van der Waals surface area contributed by atoms with Crippen molar-refractivity contribution in [2.75, 3.05) is 26.1 Å². The number of nitrogens with zero attached hydrogens (tertiary/aromatic N) is 2. The zero-order valence-corrected chi connectivity index (χ0v) is 14.9. The number of carbonyl (C=O) groups excluding carboxylic acids is 1. The first kappa shape index (κ1) is 16.6. The lowest BCUT2D eigenvalue weighted by Crippen LogP contribution is -2.34. The molecule has 0 aliphatic carbocycles. The predicted octanol–water partition coefficient (Wildman–Crippen LogP) is 3.84. The van der Waals surface area contributed by atoms with Crippen molar-refractivity contribution in [2.45, 2.75) is 25.8 Å². The van der Waals surface area contributed by atoms with Crippen molar-refractivity contribution < 1.29 is 14.3 Å². The molecule has 1 unspecified atom stereocenters. The predicted molar refractivity (Wildman–Crippen MR) is 94.1 cm³/mol. The Kier molecular flexibility index (Phi) is 4.89. The summed E-state index contributed by atoms with van der Waals surface area (Å²) in [6, 6.07) is 5.53. The fourth-order valence-electron chi connectivity index (χ4n) is 3.01. The van der Waals surface area contributed by atoms with Gasteiger partial charge in [-0.05, 0) is 38.0 Å². The van der Waals surface area contributed by atoms with Gasteiger partial charge in [-0.1, -0.05) is 0 Å². The molecule has 2 heterocycles. The van der Waals surface area contributed by atoms with Crippen LogP contribution in [0.1, 0.15) is 29.3 Å². The lowest BCUT2D eigenvalue weighted by Gasteiger charge is -2.26. The first-order valence-corrected chi connectivity index (χ1v) is 8.66. The van der Waals surface area contributed by atoms with E-state index in [2.05, 4.69) is 10.3 Å². The minimum Gasteiger partial charge on any atom is -0.497 e. The third-order valence-corrected chi connectivity index (χ3v) is 4.97. The number of nitrogens with one attached hydrogen (secondary N) is 1. The summed E-state index contributed by atoms with van der Waals surface area (Å²) in [4.78, 5) is 19.8. The maximum atomic E-state index is 12.7. The number of amides is 2. The second kappa shape index (κ2) is 7.09. The zero-order valence-electron chi connectivity index (χ0n) is 14.0. The molecule has 1 aromatic carbocycles. The van der Waals surface area contributed by atoms with Gasteiger partial charge in [-0.2, -0.15) is 0 Å². The highest BCUT2D eigenvalue weighted by molar-refractivity contribution is 7.15. The maximum Gasteiger partial charge on any atom is 0.324 e. The Hall–Kier alpha value is -2.28. The third-order valence-electron chi connectivity index (χ3n) is 4.14.